The maximum Gasteiger partial charge on any atom is 0.337 e. The Morgan fingerprint density at radius 2 is 2.17 bits per heavy atom. The first-order valence-electron chi connectivity index (χ1n) is 4.89. The van der Waals surface area contributed by atoms with Crippen LogP contribution in [-0.2, 0) is 0 Å². The van der Waals surface area contributed by atoms with Crippen LogP contribution in [0, 0.1) is 5.82 Å². The number of pyridine rings is 1. The molecule has 2 rings (SSSR count). The highest BCUT2D eigenvalue weighted by molar-refractivity contribution is 6.33. The van der Waals surface area contributed by atoms with Gasteiger partial charge in [-0.3, -0.25) is 0 Å². The van der Waals surface area contributed by atoms with Gasteiger partial charge in [0.15, 0.2) is 5.82 Å². The summed E-state index contributed by atoms with van der Waals surface area (Å²) < 4.78 is 18.4. The molecule has 4 nitrogen and oxygen atoms in total. The largest absolute Gasteiger partial charge is 0.478 e. The van der Waals surface area contributed by atoms with Gasteiger partial charge in [-0.05, 0) is 30.3 Å². The molecule has 0 aliphatic heterocycles. The lowest BCUT2D eigenvalue weighted by atomic mass is 10.2. The molecule has 18 heavy (non-hydrogen) atoms. The average Bonchev–Trinajstić information content (AvgIpc) is 2.34. The third kappa shape index (κ3) is 2.57. The number of ether oxygens (including phenoxy) is 1. The van der Waals surface area contributed by atoms with E-state index in [2.05, 4.69) is 4.98 Å². The minimum absolute atomic E-state index is 0.0799. The number of rotatable bonds is 3. The van der Waals surface area contributed by atoms with Crippen molar-refractivity contribution in [1.82, 2.24) is 4.98 Å². The normalized spacial score (nSPS) is 10.1. The number of carboxylic acid groups (broad SMARTS) is 1. The highest BCUT2D eigenvalue weighted by atomic mass is 35.5. The zero-order valence-electron chi connectivity index (χ0n) is 8.93. The molecule has 0 bridgehead atoms. The number of carboxylic acids is 1. The van der Waals surface area contributed by atoms with Crippen LogP contribution in [0.1, 0.15) is 10.4 Å². The Morgan fingerprint density at radius 1 is 1.39 bits per heavy atom. The van der Waals surface area contributed by atoms with E-state index in [1.807, 2.05) is 0 Å². The van der Waals surface area contributed by atoms with E-state index >= 15 is 0 Å². The molecule has 2 aromatic rings. The predicted octanol–water partition coefficient (Wildman–Crippen LogP) is 3.36. The SMILES string of the molecule is O=C(O)c1cc(Oc2ncccc2F)ccc1Cl. The Kier molecular flexibility index (Phi) is 3.43. The van der Waals surface area contributed by atoms with Crippen molar-refractivity contribution in [2.75, 3.05) is 0 Å². The molecule has 0 unspecified atom stereocenters. The summed E-state index contributed by atoms with van der Waals surface area (Å²) in [4.78, 5) is 14.6. The predicted molar refractivity (Wildman–Crippen MR) is 62.7 cm³/mol. The van der Waals surface area contributed by atoms with Gasteiger partial charge in [-0.25, -0.2) is 14.2 Å². The van der Waals surface area contributed by atoms with Crippen LogP contribution in [0.2, 0.25) is 5.02 Å². The Morgan fingerprint density at radius 3 is 2.83 bits per heavy atom. The minimum atomic E-state index is -1.19. The van der Waals surface area contributed by atoms with E-state index in [9.17, 15) is 9.18 Å². The van der Waals surface area contributed by atoms with Crippen LogP contribution in [0.25, 0.3) is 0 Å². The van der Waals surface area contributed by atoms with Crippen LogP contribution < -0.4 is 4.74 Å². The molecule has 0 fully saturated rings. The van der Waals surface area contributed by atoms with E-state index in [4.69, 9.17) is 21.4 Å². The second-order valence-electron chi connectivity index (χ2n) is 3.34. The summed E-state index contributed by atoms with van der Waals surface area (Å²) in [5.74, 6) is -1.90. The first-order chi connectivity index (χ1) is 8.58. The number of halogens is 2. The van der Waals surface area contributed by atoms with E-state index in [1.165, 1.54) is 36.5 Å². The number of hydrogen-bond acceptors (Lipinski definition) is 3. The average molecular weight is 268 g/mol. The summed E-state index contributed by atoms with van der Waals surface area (Å²) in [6.07, 6.45) is 1.37. The molecule has 92 valence electrons. The van der Waals surface area contributed by atoms with Crippen LogP contribution in [-0.4, -0.2) is 16.1 Å². The third-order valence-electron chi connectivity index (χ3n) is 2.11. The molecule has 0 aliphatic rings. The number of benzene rings is 1. The Bertz CT molecular complexity index is 604. The summed E-state index contributed by atoms with van der Waals surface area (Å²) in [6, 6.07) is 6.62. The van der Waals surface area contributed by atoms with Gasteiger partial charge >= 0.3 is 5.97 Å². The quantitative estimate of drug-likeness (QED) is 0.926. The third-order valence-corrected chi connectivity index (χ3v) is 2.44. The lowest BCUT2D eigenvalue weighted by Crippen LogP contribution is -1.98. The molecule has 0 saturated heterocycles. The van der Waals surface area contributed by atoms with Crippen LogP contribution in [0.5, 0.6) is 11.6 Å². The van der Waals surface area contributed by atoms with Gasteiger partial charge < -0.3 is 9.84 Å². The fourth-order valence-electron chi connectivity index (χ4n) is 1.29. The van der Waals surface area contributed by atoms with Crippen molar-refractivity contribution in [3.05, 3.63) is 52.9 Å². The summed E-state index contributed by atoms with van der Waals surface area (Å²) in [5.41, 5.74) is -0.120. The van der Waals surface area contributed by atoms with Crippen molar-refractivity contribution in [3.63, 3.8) is 0 Å². The van der Waals surface area contributed by atoms with E-state index < -0.39 is 11.8 Å². The van der Waals surface area contributed by atoms with E-state index in [0.29, 0.717) is 0 Å². The summed E-state index contributed by atoms with van der Waals surface area (Å²) in [7, 11) is 0. The monoisotopic (exact) mass is 267 g/mol. The fourth-order valence-corrected chi connectivity index (χ4v) is 1.49. The maximum atomic E-state index is 13.3. The van der Waals surface area contributed by atoms with Crippen molar-refractivity contribution < 1.29 is 19.0 Å². The Hall–Kier alpha value is -2.14. The van der Waals surface area contributed by atoms with Gasteiger partial charge in [0.25, 0.3) is 5.88 Å². The zero-order chi connectivity index (χ0) is 13.1. The number of carbonyl (C=O) groups is 1. The fraction of sp³-hybridized carbons (Fsp3) is 0. The molecule has 0 atom stereocenters. The van der Waals surface area contributed by atoms with Crippen molar-refractivity contribution in [2.24, 2.45) is 0 Å². The van der Waals surface area contributed by atoms with Crippen LogP contribution in [0.4, 0.5) is 4.39 Å². The van der Waals surface area contributed by atoms with Crippen molar-refractivity contribution in [2.45, 2.75) is 0 Å². The van der Waals surface area contributed by atoms with Gasteiger partial charge in [-0.2, -0.15) is 0 Å². The van der Waals surface area contributed by atoms with E-state index in [1.54, 1.807) is 0 Å². The molecular weight excluding hydrogens is 261 g/mol. The standard InChI is InChI=1S/C12H7ClFNO3/c13-9-4-3-7(6-8(9)12(16)17)18-11-10(14)2-1-5-15-11/h1-6H,(H,16,17). The molecule has 1 aromatic heterocycles. The van der Waals surface area contributed by atoms with Crippen molar-refractivity contribution >= 4 is 17.6 Å². The lowest BCUT2D eigenvalue weighted by molar-refractivity contribution is 0.0696. The molecular formula is C12H7ClFNO3. The van der Waals surface area contributed by atoms with E-state index in [-0.39, 0.29) is 22.2 Å². The van der Waals surface area contributed by atoms with Crippen LogP contribution in [0.3, 0.4) is 0 Å². The second kappa shape index (κ2) is 5.01. The highest BCUT2D eigenvalue weighted by Crippen LogP contribution is 2.26. The molecule has 1 heterocycles. The minimum Gasteiger partial charge on any atom is -0.478 e. The lowest BCUT2D eigenvalue weighted by Gasteiger charge is -2.06. The smallest absolute Gasteiger partial charge is 0.337 e. The molecule has 0 spiro atoms. The van der Waals surface area contributed by atoms with Gasteiger partial charge in [-0.15, -0.1) is 0 Å². The van der Waals surface area contributed by atoms with Crippen molar-refractivity contribution in [3.8, 4) is 11.6 Å². The first kappa shape index (κ1) is 12.3. The topological polar surface area (TPSA) is 59.4 Å². The van der Waals surface area contributed by atoms with Crippen molar-refractivity contribution in [1.29, 1.82) is 0 Å². The number of hydrogen-bond donors (Lipinski definition) is 1. The van der Waals surface area contributed by atoms with Gasteiger partial charge in [0.2, 0.25) is 0 Å². The Balaban J connectivity index is 2.33. The first-order valence-corrected chi connectivity index (χ1v) is 5.27. The molecule has 0 radical (unpaired) electrons. The number of nitrogens with zero attached hydrogens (tertiary/aromatic N) is 1. The van der Waals surface area contributed by atoms with E-state index in [0.717, 1.165) is 0 Å². The Labute approximate surface area is 107 Å². The van der Waals surface area contributed by atoms with Crippen LogP contribution in [0.15, 0.2) is 36.5 Å². The summed E-state index contributed by atoms with van der Waals surface area (Å²) in [5, 5.41) is 8.96. The molecule has 1 aromatic carbocycles. The molecule has 0 amide bonds. The molecule has 0 saturated carbocycles. The van der Waals surface area contributed by atoms with Gasteiger partial charge in [0.05, 0.1) is 10.6 Å². The second-order valence-corrected chi connectivity index (χ2v) is 3.75. The van der Waals surface area contributed by atoms with Gasteiger partial charge in [0.1, 0.15) is 5.75 Å². The number of aromatic nitrogens is 1. The van der Waals surface area contributed by atoms with Gasteiger partial charge in [-0.1, -0.05) is 11.6 Å². The summed E-state index contributed by atoms with van der Waals surface area (Å²) >= 11 is 5.70. The van der Waals surface area contributed by atoms with Gasteiger partial charge in [0, 0.05) is 6.20 Å². The summed E-state index contributed by atoms with van der Waals surface area (Å²) in [6.45, 7) is 0. The molecule has 0 aliphatic carbocycles. The molecule has 1 N–H and O–H groups in total. The number of aromatic carboxylic acids is 1. The van der Waals surface area contributed by atoms with Crippen LogP contribution >= 0.6 is 11.6 Å². The molecule has 6 heteroatoms. The zero-order valence-corrected chi connectivity index (χ0v) is 9.69. The maximum absolute atomic E-state index is 13.3. The highest BCUT2D eigenvalue weighted by Gasteiger charge is 2.12.